The van der Waals surface area contributed by atoms with E-state index in [-0.39, 0.29) is 10.8 Å². The van der Waals surface area contributed by atoms with Gasteiger partial charge in [-0.3, -0.25) is 9.10 Å². The summed E-state index contributed by atoms with van der Waals surface area (Å²) in [6, 6.07) is 19.4. The Hall–Kier alpha value is -3.03. The van der Waals surface area contributed by atoms with Crippen LogP contribution in [0.2, 0.25) is 5.02 Å². The summed E-state index contributed by atoms with van der Waals surface area (Å²) in [7, 11) is -0.905. The summed E-state index contributed by atoms with van der Waals surface area (Å²) in [6.45, 7) is 0. The first-order valence-electron chi connectivity index (χ1n) is 8.62. The van der Waals surface area contributed by atoms with Crippen molar-refractivity contribution >= 4 is 38.9 Å². The number of nitrogens with one attached hydrogen (secondary N) is 1. The molecule has 0 fully saturated rings. The fraction of sp³-hybridized carbons (Fsp3) is 0.0952. The van der Waals surface area contributed by atoms with Crippen LogP contribution in [0.25, 0.3) is 0 Å². The second kappa shape index (κ2) is 8.55. The molecule has 1 amide bonds. The number of amides is 1. The zero-order valence-electron chi connectivity index (χ0n) is 15.8. The third-order valence-corrected chi connectivity index (χ3v) is 6.44. The van der Waals surface area contributed by atoms with Gasteiger partial charge in [-0.1, -0.05) is 35.9 Å². The molecular weight excluding hydrogens is 412 g/mol. The molecule has 3 aromatic carbocycles. The van der Waals surface area contributed by atoms with E-state index in [0.717, 1.165) is 4.31 Å². The summed E-state index contributed by atoms with van der Waals surface area (Å²) in [6.07, 6.45) is 0. The molecule has 8 heteroatoms. The fourth-order valence-electron chi connectivity index (χ4n) is 2.71. The van der Waals surface area contributed by atoms with E-state index in [2.05, 4.69) is 5.32 Å². The number of benzene rings is 3. The zero-order chi connectivity index (χ0) is 21.0. The van der Waals surface area contributed by atoms with Crippen LogP contribution in [0.15, 0.2) is 77.7 Å². The van der Waals surface area contributed by atoms with Crippen LogP contribution in [-0.4, -0.2) is 28.5 Å². The van der Waals surface area contributed by atoms with Gasteiger partial charge in [0.1, 0.15) is 5.75 Å². The number of para-hydroxylation sites is 3. The molecule has 0 radical (unpaired) electrons. The number of nitrogens with zero attached hydrogens (tertiary/aromatic N) is 1. The van der Waals surface area contributed by atoms with Gasteiger partial charge in [-0.2, -0.15) is 0 Å². The lowest BCUT2D eigenvalue weighted by molar-refractivity contribution is 0.102. The van der Waals surface area contributed by atoms with Crippen molar-refractivity contribution in [3.05, 3.63) is 83.4 Å². The highest BCUT2D eigenvalue weighted by Crippen LogP contribution is 2.31. The van der Waals surface area contributed by atoms with Gasteiger partial charge in [0.15, 0.2) is 0 Å². The zero-order valence-corrected chi connectivity index (χ0v) is 17.4. The van der Waals surface area contributed by atoms with Crippen molar-refractivity contribution in [3.63, 3.8) is 0 Å². The highest BCUT2D eigenvalue weighted by Gasteiger charge is 2.24. The van der Waals surface area contributed by atoms with E-state index in [4.69, 9.17) is 16.3 Å². The second-order valence-corrected chi connectivity index (χ2v) is 8.48. The molecule has 3 rings (SSSR count). The molecule has 6 nitrogen and oxygen atoms in total. The number of sulfonamides is 1. The van der Waals surface area contributed by atoms with E-state index in [1.165, 1.54) is 38.4 Å². The van der Waals surface area contributed by atoms with Crippen molar-refractivity contribution in [1.29, 1.82) is 0 Å². The molecule has 0 bridgehead atoms. The SMILES string of the molecule is COc1ccccc1N(C)S(=O)(=O)c1ccc(C(=O)Nc2ccccc2Cl)cc1. The van der Waals surface area contributed by atoms with Crippen LogP contribution in [-0.2, 0) is 10.0 Å². The molecule has 0 aliphatic rings. The molecule has 0 saturated carbocycles. The molecule has 150 valence electrons. The molecule has 0 unspecified atom stereocenters. The number of rotatable bonds is 6. The monoisotopic (exact) mass is 430 g/mol. The van der Waals surface area contributed by atoms with Crippen molar-refractivity contribution in [3.8, 4) is 5.75 Å². The summed E-state index contributed by atoms with van der Waals surface area (Å²) in [5.41, 5.74) is 1.20. The van der Waals surface area contributed by atoms with Crippen LogP contribution in [0.5, 0.6) is 5.75 Å². The summed E-state index contributed by atoms with van der Waals surface area (Å²) >= 11 is 6.05. The molecule has 1 N–H and O–H groups in total. The van der Waals surface area contributed by atoms with Crippen LogP contribution in [0.3, 0.4) is 0 Å². The molecule has 0 spiro atoms. The van der Waals surface area contributed by atoms with Crippen LogP contribution < -0.4 is 14.4 Å². The van der Waals surface area contributed by atoms with Gasteiger partial charge in [0.05, 0.1) is 28.4 Å². The lowest BCUT2D eigenvalue weighted by atomic mass is 10.2. The van der Waals surface area contributed by atoms with Crippen molar-refractivity contribution < 1.29 is 17.9 Å². The van der Waals surface area contributed by atoms with Gasteiger partial charge in [0.25, 0.3) is 15.9 Å². The maximum Gasteiger partial charge on any atom is 0.264 e. The van der Waals surface area contributed by atoms with Gasteiger partial charge < -0.3 is 10.1 Å². The second-order valence-electron chi connectivity index (χ2n) is 6.10. The number of carbonyl (C=O) groups is 1. The number of halogens is 1. The summed E-state index contributed by atoms with van der Waals surface area (Å²) in [4.78, 5) is 12.5. The first-order chi connectivity index (χ1) is 13.8. The van der Waals surface area contributed by atoms with Crippen LogP contribution >= 0.6 is 11.6 Å². The highest BCUT2D eigenvalue weighted by atomic mass is 35.5. The Bertz CT molecular complexity index is 1130. The Morgan fingerprint density at radius 1 is 0.966 bits per heavy atom. The van der Waals surface area contributed by atoms with Crippen molar-refractivity contribution in [2.24, 2.45) is 0 Å². The van der Waals surface area contributed by atoms with E-state index in [1.54, 1.807) is 48.5 Å². The van der Waals surface area contributed by atoms with E-state index in [9.17, 15) is 13.2 Å². The van der Waals surface area contributed by atoms with Crippen LogP contribution in [0.4, 0.5) is 11.4 Å². The Kier molecular flexibility index (Phi) is 6.10. The van der Waals surface area contributed by atoms with Gasteiger partial charge in [-0.15, -0.1) is 0 Å². The fourth-order valence-corrected chi connectivity index (χ4v) is 4.10. The number of carbonyl (C=O) groups excluding carboxylic acids is 1. The van der Waals surface area contributed by atoms with Gasteiger partial charge in [0, 0.05) is 12.6 Å². The van der Waals surface area contributed by atoms with Gasteiger partial charge in [-0.25, -0.2) is 8.42 Å². The molecule has 0 aromatic heterocycles. The standard InChI is InChI=1S/C21H19ClN2O4S/c1-24(19-9-5-6-10-20(19)28-2)29(26,27)16-13-11-15(12-14-16)21(25)23-18-8-4-3-7-17(18)22/h3-14H,1-2H3,(H,23,25). The minimum atomic E-state index is -3.83. The molecule has 3 aromatic rings. The Labute approximate surface area is 174 Å². The van der Waals surface area contributed by atoms with Gasteiger partial charge >= 0.3 is 0 Å². The number of methoxy groups -OCH3 is 1. The average Bonchev–Trinajstić information content (AvgIpc) is 2.74. The Balaban J connectivity index is 1.83. The smallest absolute Gasteiger partial charge is 0.264 e. The normalized spacial score (nSPS) is 11.0. The van der Waals surface area contributed by atoms with Gasteiger partial charge in [-0.05, 0) is 48.5 Å². The predicted molar refractivity (Wildman–Crippen MR) is 114 cm³/mol. The minimum Gasteiger partial charge on any atom is -0.495 e. The first kappa shape index (κ1) is 20.7. The molecule has 0 atom stereocenters. The summed E-state index contributed by atoms with van der Waals surface area (Å²) < 4.78 is 32.3. The van der Waals surface area contributed by atoms with Crippen molar-refractivity contribution in [2.45, 2.75) is 4.90 Å². The molecule has 0 heterocycles. The van der Waals surface area contributed by atoms with E-state index < -0.39 is 10.0 Å². The minimum absolute atomic E-state index is 0.0557. The molecule has 0 aliphatic heterocycles. The van der Waals surface area contributed by atoms with E-state index in [1.807, 2.05) is 0 Å². The maximum atomic E-state index is 13.0. The van der Waals surface area contributed by atoms with Crippen molar-refractivity contribution in [1.82, 2.24) is 0 Å². The lowest BCUT2D eigenvalue weighted by Crippen LogP contribution is -2.27. The van der Waals surface area contributed by atoms with Crippen LogP contribution in [0, 0.1) is 0 Å². The van der Waals surface area contributed by atoms with Gasteiger partial charge in [0.2, 0.25) is 0 Å². The third kappa shape index (κ3) is 4.36. The number of anilines is 2. The first-order valence-corrected chi connectivity index (χ1v) is 10.4. The summed E-state index contributed by atoms with van der Waals surface area (Å²) in [5.74, 6) is 0.0504. The highest BCUT2D eigenvalue weighted by molar-refractivity contribution is 7.92. The van der Waals surface area contributed by atoms with E-state index >= 15 is 0 Å². The number of hydrogen-bond acceptors (Lipinski definition) is 4. The largest absolute Gasteiger partial charge is 0.495 e. The Morgan fingerprint density at radius 3 is 2.24 bits per heavy atom. The molecule has 29 heavy (non-hydrogen) atoms. The Morgan fingerprint density at radius 2 is 1.59 bits per heavy atom. The topological polar surface area (TPSA) is 75.7 Å². The van der Waals surface area contributed by atoms with Crippen molar-refractivity contribution in [2.75, 3.05) is 23.8 Å². The molecule has 0 saturated heterocycles. The average molecular weight is 431 g/mol. The predicted octanol–water partition coefficient (Wildman–Crippen LogP) is 4.43. The molecular formula is C21H19ClN2O4S. The van der Waals surface area contributed by atoms with E-state index in [0.29, 0.717) is 27.7 Å². The van der Waals surface area contributed by atoms with Crippen LogP contribution in [0.1, 0.15) is 10.4 Å². The quantitative estimate of drug-likeness (QED) is 0.627. The number of ether oxygens (including phenoxy) is 1. The third-order valence-electron chi connectivity index (χ3n) is 4.32. The number of hydrogen-bond donors (Lipinski definition) is 1. The summed E-state index contributed by atoms with van der Waals surface area (Å²) in [5, 5.41) is 3.12. The lowest BCUT2D eigenvalue weighted by Gasteiger charge is -2.21. The molecule has 0 aliphatic carbocycles. The maximum absolute atomic E-state index is 13.0.